The largest absolute Gasteiger partial charge is 0.383 e. The molecule has 0 unspecified atom stereocenters. The molecule has 134 valence electrons. The lowest BCUT2D eigenvalue weighted by molar-refractivity contribution is -0.104. The van der Waals surface area contributed by atoms with E-state index < -0.39 is 5.78 Å². The van der Waals surface area contributed by atoms with Gasteiger partial charge in [0.15, 0.2) is 6.29 Å². The predicted molar refractivity (Wildman–Crippen MR) is 102 cm³/mol. The van der Waals surface area contributed by atoms with Crippen molar-refractivity contribution in [2.45, 2.75) is 0 Å². The zero-order valence-electron chi connectivity index (χ0n) is 14.5. The number of nitrogens with one attached hydrogen (secondary N) is 1. The molecule has 7 heteroatoms. The zero-order valence-corrected chi connectivity index (χ0v) is 15.3. The number of halogens is 1. The first kappa shape index (κ1) is 18.2. The van der Waals surface area contributed by atoms with Gasteiger partial charge in [0.1, 0.15) is 10.8 Å². The van der Waals surface area contributed by atoms with Crippen LogP contribution in [0.3, 0.4) is 0 Å². The van der Waals surface area contributed by atoms with Crippen molar-refractivity contribution in [3.63, 3.8) is 0 Å². The highest BCUT2D eigenvalue weighted by molar-refractivity contribution is 7.22. The SMILES string of the molecule is CN(C)CCNc1ccc2nc(-c3ccccc3F)sc2c1C(=O)C=O. The first-order chi connectivity index (χ1) is 12.5. The molecular formula is C19H18FN3O2S. The van der Waals surface area contributed by atoms with Crippen molar-refractivity contribution < 1.29 is 14.0 Å². The number of carbonyl (C=O) groups excluding carboxylic acids is 2. The second-order valence-electron chi connectivity index (χ2n) is 6.05. The fourth-order valence-electron chi connectivity index (χ4n) is 2.61. The van der Waals surface area contributed by atoms with Crippen LogP contribution in [0.5, 0.6) is 0 Å². The standard InChI is InChI=1S/C19H18FN3O2S/c1-23(2)10-9-21-14-7-8-15-18(17(14)16(25)11-24)26-19(22-15)12-5-3-4-6-13(12)20/h3-8,11,21H,9-10H2,1-2H3. The van der Waals surface area contributed by atoms with Crippen molar-refractivity contribution in [2.24, 2.45) is 0 Å². The lowest BCUT2D eigenvalue weighted by Gasteiger charge is -2.13. The predicted octanol–water partition coefficient (Wildman–Crippen LogP) is 3.46. The molecule has 0 aliphatic carbocycles. The van der Waals surface area contributed by atoms with Crippen molar-refractivity contribution >= 4 is 39.3 Å². The van der Waals surface area contributed by atoms with E-state index in [-0.39, 0.29) is 11.4 Å². The second kappa shape index (κ2) is 7.72. The number of hydrogen-bond acceptors (Lipinski definition) is 6. The third-order valence-electron chi connectivity index (χ3n) is 3.89. The Morgan fingerprint density at radius 2 is 2.04 bits per heavy atom. The van der Waals surface area contributed by atoms with Crippen LogP contribution >= 0.6 is 11.3 Å². The third kappa shape index (κ3) is 3.63. The number of carbonyl (C=O) groups is 2. The van der Waals surface area contributed by atoms with Gasteiger partial charge in [-0.25, -0.2) is 9.37 Å². The molecule has 1 aromatic heterocycles. The maximum absolute atomic E-state index is 14.1. The molecule has 0 aliphatic rings. The third-order valence-corrected chi connectivity index (χ3v) is 5.01. The minimum absolute atomic E-state index is 0.288. The Balaban J connectivity index is 2.09. The van der Waals surface area contributed by atoms with Crippen LogP contribution in [-0.2, 0) is 4.79 Å². The molecular weight excluding hydrogens is 353 g/mol. The van der Waals surface area contributed by atoms with E-state index >= 15 is 0 Å². The van der Waals surface area contributed by atoms with Crippen LogP contribution in [0.1, 0.15) is 10.4 Å². The van der Waals surface area contributed by atoms with Gasteiger partial charge in [-0.05, 0) is 38.4 Å². The summed E-state index contributed by atoms with van der Waals surface area (Å²) in [5, 5.41) is 3.67. The average Bonchev–Trinajstić information content (AvgIpc) is 3.04. The summed E-state index contributed by atoms with van der Waals surface area (Å²) in [6.45, 7) is 1.40. The highest BCUT2D eigenvalue weighted by Crippen LogP contribution is 2.36. The number of thiazole rings is 1. The van der Waals surface area contributed by atoms with Gasteiger partial charge in [0, 0.05) is 24.3 Å². The fraction of sp³-hybridized carbons (Fsp3) is 0.211. The number of aldehydes is 1. The van der Waals surface area contributed by atoms with Crippen LogP contribution in [0, 0.1) is 5.82 Å². The molecule has 2 aromatic carbocycles. The minimum atomic E-state index is -0.619. The van der Waals surface area contributed by atoms with Gasteiger partial charge in [-0.3, -0.25) is 9.59 Å². The van der Waals surface area contributed by atoms with E-state index in [0.717, 1.165) is 6.54 Å². The Hall–Kier alpha value is -2.64. The molecule has 0 saturated carbocycles. The first-order valence-corrected chi connectivity index (χ1v) is 8.89. The topological polar surface area (TPSA) is 62.3 Å². The van der Waals surface area contributed by atoms with Gasteiger partial charge in [0.25, 0.3) is 0 Å². The molecule has 0 radical (unpaired) electrons. The number of aromatic nitrogens is 1. The maximum Gasteiger partial charge on any atom is 0.228 e. The minimum Gasteiger partial charge on any atom is -0.383 e. The summed E-state index contributed by atoms with van der Waals surface area (Å²) in [6, 6.07) is 9.86. The number of nitrogens with zero attached hydrogens (tertiary/aromatic N) is 2. The summed E-state index contributed by atoms with van der Waals surface area (Å²) in [7, 11) is 3.90. The van der Waals surface area contributed by atoms with Crippen LogP contribution in [0.4, 0.5) is 10.1 Å². The number of rotatable bonds is 7. The molecule has 0 atom stereocenters. The molecule has 3 aromatic rings. The van der Waals surface area contributed by atoms with Gasteiger partial charge in [-0.2, -0.15) is 0 Å². The van der Waals surface area contributed by atoms with Crippen molar-refractivity contribution in [1.29, 1.82) is 0 Å². The molecule has 0 bridgehead atoms. The highest BCUT2D eigenvalue weighted by atomic mass is 32.1. The Morgan fingerprint density at radius 3 is 2.73 bits per heavy atom. The van der Waals surface area contributed by atoms with Crippen molar-refractivity contribution in [1.82, 2.24) is 9.88 Å². The molecule has 0 spiro atoms. The summed E-state index contributed by atoms with van der Waals surface area (Å²) in [5.41, 5.74) is 1.81. The van der Waals surface area contributed by atoms with Gasteiger partial charge >= 0.3 is 0 Å². The van der Waals surface area contributed by atoms with Crippen molar-refractivity contribution in [3.8, 4) is 10.6 Å². The molecule has 26 heavy (non-hydrogen) atoms. The molecule has 1 heterocycles. The summed E-state index contributed by atoms with van der Waals surface area (Å²) in [5.74, 6) is -0.995. The molecule has 0 fully saturated rings. The van der Waals surface area contributed by atoms with Gasteiger partial charge in [0.2, 0.25) is 5.78 Å². The summed E-state index contributed by atoms with van der Waals surface area (Å²) >= 11 is 1.21. The summed E-state index contributed by atoms with van der Waals surface area (Å²) < 4.78 is 14.7. The first-order valence-electron chi connectivity index (χ1n) is 8.08. The number of Topliss-reactive ketones (excluding diaryl/α,β-unsaturated/α-hetero) is 1. The van der Waals surface area contributed by atoms with E-state index in [0.29, 0.717) is 39.3 Å². The number of likely N-dealkylation sites (N-methyl/N-ethyl adjacent to an activating group) is 1. The van der Waals surface area contributed by atoms with E-state index in [1.54, 1.807) is 30.3 Å². The van der Waals surface area contributed by atoms with Gasteiger partial charge < -0.3 is 10.2 Å². The molecule has 0 saturated heterocycles. The number of benzene rings is 2. The molecule has 1 N–H and O–H groups in total. The zero-order chi connectivity index (χ0) is 18.7. The van der Waals surface area contributed by atoms with E-state index in [1.165, 1.54) is 17.4 Å². The Kier molecular flexibility index (Phi) is 5.39. The summed E-state index contributed by atoms with van der Waals surface area (Å²) in [4.78, 5) is 29.9. The molecule has 0 aliphatic heterocycles. The normalized spacial score (nSPS) is 11.1. The number of hydrogen-bond donors (Lipinski definition) is 1. The monoisotopic (exact) mass is 371 g/mol. The quantitative estimate of drug-likeness (QED) is 0.392. The van der Waals surface area contributed by atoms with E-state index in [4.69, 9.17) is 0 Å². The van der Waals surface area contributed by atoms with Gasteiger partial charge in [-0.15, -0.1) is 11.3 Å². The van der Waals surface area contributed by atoms with Crippen LogP contribution in [-0.4, -0.2) is 49.1 Å². The van der Waals surface area contributed by atoms with E-state index in [1.807, 2.05) is 19.0 Å². The van der Waals surface area contributed by atoms with Crippen LogP contribution in [0.25, 0.3) is 20.8 Å². The van der Waals surface area contributed by atoms with Crippen LogP contribution in [0.2, 0.25) is 0 Å². The molecule has 3 rings (SSSR count). The second-order valence-corrected chi connectivity index (χ2v) is 7.05. The van der Waals surface area contributed by atoms with Crippen LogP contribution in [0.15, 0.2) is 36.4 Å². The Labute approximate surface area is 154 Å². The van der Waals surface area contributed by atoms with Crippen molar-refractivity contribution in [3.05, 3.63) is 47.8 Å². The molecule has 5 nitrogen and oxygen atoms in total. The average molecular weight is 371 g/mol. The number of fused-ring (bicyclic) bond motifs is 1. The van der Waals surface area contributed by atoms with Crippen LogP contribution < -0.4 is 5.32 Å². The smallest absolute Gasteiger partial charge is 0.228 e. The van der Waals surface area contributed by atoms with Gasteiger partial charge in [0.05, 0.1) is 15.8 Å². The highest BCUT2D eigenvalue weighted by Gasteiger charge is 2.19. The Bertz CT molecular complexity index is 969. The van der Waals surface area contributed by atoms with Crippen molar-refractivity contribution in [2.75, 3.05) is 32.5 Å². The maximum atomic E-state index is 14.1. The van der Waals surface area contributed by atoms with E-state index in [2.05, 4.69) is 10.3 Å². The van der Waals surface area contributed by atoms with E-state index in [9.17, 15) is 14.0 Å². The summed E-state index contributed by atoms with van der Waals surface area (Å²) in [6.07, 6.45) is 0.300. The number of ketones is 1. The van der Waals surface area contributed by atoms with Gasteiger partial charge in [-0.1, -0.05) is 12.1 Å². The fourth-order valence-corrected chi connectivity index (χ4v) is 3.75. The lowest BCUT2D eigenvalue weighted by atomic mass is 10.1. The number of anilines is 1. The lowest BCUT2D eigenvalue weighted by Crippen LogP contribution is -2.21. The molecule has 0 amide bonds. The Morgan fingerprint density at radius 1 is 1.27 bits per heavy atom.